The van der Waals surface area contributed by atoms with E-state index < -0.39 is 22.1 Å². The molecule has 0 fully saturated rings. The number of aryl methyl sites for hydroxylation is 2. The Morgan fingerprint density at radius 1 is 0.891 bits per heavy atom. The smallest absolute Gasteiger partial charge is 0.344 e. The quantitative estimate of drug-likeness (QED) is 0.118. The van der Waals surface area contributed by atoms with E-state index in [9.17, 15) is 22.6 Å². The first-order valence-electron chi connectivity index (χ1n) is 15.0. The Balaban J connectivity index is 1.34. The molecule has 234 valence electrons. The molecule has 1 heterocycles. The minimum absolute atomic E-state index is 0.149. The van der Waals surface area contributed by atoms with Crippen molar-refractivity contribution >= 4 is 44.1 Å². The molecule has 0 amide bonds. The second-order valence-corrected chi connectivity index (χ2v) is 13.0. The van der Waals surface area contributed by atoms with Gasteiger partial charge < -0.3 is 14.4 Å². The lowest BCUT2D eigenvalue weighted by Crippen LogP contribution is -2.32. The maximum absolute atomic E-state index is 14.2. The molecule has 0 spiro atoms. The Morgan fingerprint density at radius 3 is 2.26 bits per heavy atom. The minimum atomic E-state index is -4.13. The normalized spacial score (nSPS) is 14.1. The Bertz CT molecular complexity index is 2040. The van der Waals surface area contributed by atoms with E-state index in [-0.39, 0.29) is 18.8 Å². The van der Waals surface area contributed by atoms with Crippen molar-refractivity contribution in [1.29, 1.82) is 0 Å². The zero-order chi connectivity index (χ0) is 32.4. The molecule has 8 nitrogen and oxygen atoms in total. The van der Waals surface area contributed by atoms with Crippen molar-refractivity contribution in [1.82, 2.24) is 0 Å². The molecule has 2 aliphatic rings. The van der Waals surface area contributed by atoms with Crippen LogP contribution in [0.25, 0.3) is 16.3 Å². The van der Waals surface area contributed by atoms with Gasteiger partial charge in [0, 0.05) is 23.5 Å². The first-order chi connectivity index (χ1) is 22.1. The third-order valence-electron chi connectivity index (χ3n) is 8.13. The van der Waals surface area contributed by atoms with E-state index in [2.05, 4.69) is 0 Å². The number of allylic oxidation sites excluding steroid dienone is 4. The standard InChI is InChI=1S/C37H33NO7S/c1-24-19-29(36(39)44-23-26-11-4-3-5-12-26)20-25(2)35(24)45-37(40)34-30-15-8-9-16-32(30)38(17-10-18-46(41,42)43)33-22-28-14-7-6-13-27(28)21-31(33)34/h3-9,11-14,16,19-22H,10,15,17-18,23H2,1-2H3,(H,41,42,43). The zero-order valence-corrected chi connectivity index (χ0v) is 26.3. The Hall–Kier alpha value is -4.99. The molecule has 1 aliphatic heterocycles. The predicted octanol–water partition coefficient (Wildman–Crippen LogP) is 7.11. The van der Waals surface area contributed by atoms with Gasteiger partial charge in [0.05, 0.1) is 16.9 Å². The number of carbonyl (C=O) groups is 2. The van der Waals surface area contributed by atoms with Gasteiger partial charge in [-0.1, -0.05) is 66.7 Å². The Morgan fingerprint density at radius 2 is 1.57 bits per heavy atom. The number of hydrogen-bond donors (Lipinski definition) is 1. The third kappa shape index (κ3) is 6.51. The van der Waals surface area contributed by atoms with E-state index in [0.717, 1.165) is 33.3 Å². The number of nitrogens with zero attached hydrogens (tertiary/aromatic N) is 1. The molecule has 0 saturated carbocycles. The van der Waals surface area contributed by atoms with Crippen molar-refractivity contribution in [3.05, 3.63) is 136 Å². The molecule has 9 heteroatoms. The number of hydrogen-bond acceptors (Lipinski definition) is 7. The predicted molar refractivity (Wildman–Crippen MR) is 178 cm³/mol. The topological polar surface area (TPSA) is 110 Å². The number of esters is 2. The largest absolute Gasteiger partial charge is 0.457 e. The molecular formula is C37H33NO7S. The highest BCUT2D eigenvalue weighted by Crippen LogP contribution is 2.45. The van der Waals surface area contributed by atoms with E-state index >= 15 is 0 Å². The van der Waals surface area contributed by atoms with Gasteiger partial charge in [-0.3, -0.25) is 4.55 Å². The summed E-state index contributed by atoms with van der Waals surface area (Å²) in [6.07, 6.45) is 6.44. The van der Waals surface area contributed by atoms with E-state index in [4.69, 9.17) is 9.47 Å². The summed E-state index contributed by atoms with van der Waals surface area (Å²) in [5.74, 6) is -1.01. The Kier molecular flexibility index (Phi) is 8.62. The summed E-state index contributed by atoms with van der Waals surface area (Å²) in [6, 6.07) is 24.5. The molecule has 0 atom stereocenters. The number of benzene rings is 4. The zero-order valence-electron chi connectivity index (χ0n) is 25.5. The number of ether oxygens (including phenoxy) is 2. The lowest BCUT2D eigenvalue weighted by molar-refractivity contribution is -0.128. The van der Waals surface area contributed by atoms with Crippen LogP contribution in [0.1, 0.15) is 45.5 Å². The summed E-state index contributed by atoms with van der Waals surface area (Å²) in [5, 5.41) is 1.90. The molecule has 0 saturated heterocycles. The molecule has 0 bridgehead atoms. The summed E-state index contributed by atoms with van der Waals surface area (Å²) in [7, 11) is -4.13. The van der Waals surface area contributed by atoms with Gasteiger partial charge in [-0.25, -0.2) is 9.59 Å². The van der Waals surface area contributed by atoms with E-state index in [1.54, 1.807) is 26.0 Å². The van der Waals surface area contributed by atoms with Crippen molar-refractivity contribution in [2.45, 2.75) is 33.3 Å². The van der Waals surface area contributed by atoms with Crippen LogP contribution >= 0.6 is 0 Å². The summed E-state index contributed by atoms with van der Waals surface area (Å²) in [6.45, 7) is 4.04. The van der Waals surface area contributed by atoms with Crippen molar-refractivity contribution in [2.75, 3.05) is 17.2 Å². The molecule has 4 aromatic rings. The molecule has 6 rings (SSSR count). The monoisotopic (exact) mass is 635 g/mol. The molecule has 1 aliphatic carbocycles. The molecule has 0 aromatic heterocycles. The first-order valence-corrected chi connectivity index (χ1v) is 16.6. The van der Waals surface area contributed by atoms with Gasteiger partial charge in [0.15, 0.2) is 0 Å². The fourth-order valence-corrected chi connectivity index (χ4v) is 6.53. The molecular weight excluding hydrogens is 602 g/mol. The van der Waals surface area contributed by atoms with Crippen LogP contribution in [-0.4, -0.2) is 37.2 Å². The average Bonchev–Trinajstić information content (AvgIpc) is 3.04. The van der Waals surface area contributed by atoms with Gasteiger partial charge in [-0.05, 0) is 90.1 Å². The summed E-state index contributed by atoms with van der Waals surface area (Å²) >= 11 is 0. The van der Waals surface area contributed by atoms with E-state index in [1.807, 2.05) is 89.9 Å². The van der Waals surface area contributed by atoms with Crippen molar-refractivity contribution in [3.8, 4) is 5.75 Å². The first kappa shape index (κ1) is 31.0. The van der Waals surface area contributed by atoms with Gasteiger partial charge in [-0.15, -0.1) is 0 Å². The number of fused-ring (bicyclic) bond motifs is 3. The fraction of sp³-hybridized carbons (Fsp3) is 0.189. The molecule has 1 N–H and O–H groups in total. The molecule has 0 unspecified atom stereocenters. The lowest BCUT2D eigenvalue weighted by atomic mass is 9.86. The average molecular weight is 636 g/mol. The number of rotatable bonds is 9. The summed E-state index contributed by atoms with van der Waals surface area (Å²) in [4.78, 5) is 29.1. The second-order valence-electron chi connectivity index (χ2n) is 11.4. The van der Waals surface area contributed by atoms with Crippen molar-refractivity contribution in [3.63, 3.8) is 0 Å². The van der Waals surface area contributed by atoms with Gasteiger partial charge in [0.1, 0.15) is 12.4 Å². The highest BCUT2D eigenvalue weighted by molar-refractivity contribution is 7.85. The maximum Gasteiger partial charge on any atom is 0.344 e. The molecule has 46 heavy (non-hydrogen) atoms. The van der Waals surface area contributed by atoms with Gasteiger partial charge >= 0.3 is 11.9 Å². The summed E-state index contributed by atoms with van der Waals surface area (Å²) in [5.41, 5.74) is 5.87. The van der Waals surface area contributed by atoms with Crippen LogP contribution < -0.4 is 9.64 Å². The highest BCUT2D eigenvalue weighted by Gasteiger charge is 2.34. The van der Waals surface area contributed by atoms with Crippen LogP contribution in [-0.2, 0) is 26.3 Å². The Labute approximate surface area is 268 Å². The van der Waals surface area contributed by atoms with Crippen LogP contribution in [0.2, 0.25) is 0 Å². The molecule has 0 radical (unpaired) electrons. The van der Waals surface area contributed by atoms with Crippen LogP contribution in [0, 0.1) is 13.8 Å². The highest BCUT2D eigenvalue weighted by atomic mass is 32.2. The lowest BCUT2D eigenvalue weighted by Gasteiger charge is -2.37. The van der Waals surface area contributed by atoms with Crippen LogP contribution in [0.15, 0.2) is 108 Å². The fourth-order valence-electron chi connectivity index (χ4n) is 6.04. The number of carbonyl (C=O) groups excluding carboxylic acids is 2. The third-order valence-corrected chi connectivity index (χ3v) is 8.93. The van der Waals surface area contributed by atoms with Gasteiger partial charge in [0.2, 0.25) is 0 Å². The van der Waals surface area contributed by atoms with E-state index in [0.29, 0.717) is 46.5 Å². The van der Waals surface area contributed by atoms with Gasteiger partial charge in [0.25, 0.3) is 10.1 Å². The summed E-state index contributed by atoms with van der Waals surface area (Å²) < 4.78 is 44.0. The maximum atomic E-state index is 14.2. The van der Waals surface area contributed by atoms with Crippen molar-refractivity contribution < 1.29 is 32.0 Å². The minimum Gasteiger partial charge on any atom is -0.457 e. The van der Waals surface area contributed by atoms with Crippen LogP contribution in [0.5, 0.6) is 5.75 Å². The number of anilines is 1. The van der Waals surface area contributed by atoms with Crippen LogP contribution in [0.3, 0.4) is 0 Å². The molecule has 4 aromatic carbocycles. The van der Waals surface area contributed by atoms with Crippen LogP contribution in [0.4, 0.5) is 5.69 Å². The van der Waals surface area contributed by atoms with Crippen molar-refractivity contribution in [2.24, 2.45) is 0 Å². The van der Waals surface area contributed by atoms with Gasteiger partial charge in [-0.2, -0.15) is 8.42 Å². The second kappa shape index (κ2) is 12.8. The SMILES string of the molecule is Cc1cc(C(=O)OCc2ccccc2)cc(C)c1OC(=O)C1=C2CC=CC=C2N(CCCS(=O)(=O)O)c2cc3ccccc3cc21. The van der Waals surface area contributed by atoms with E-state index in [1.165, 1.54) is 0 Å².